The summed E-state index contributed by atoms with van der Waals surface area (Å²) in [6.45, 7) is 1.99. The monoisotopic (exact) mass is 218 g/mol. The summed E-state index contributed by atoms with van der Waals surface area (Å²) in [6, 6.07) is 5.56. The van der Waals surface area contributed by atoms with E-state index in [1.165, 1.54) is 0 Å². The first-order chi connectivity index (χ1) is 7.65. The highest BCUT2D eigenvalue weighted by atomic mass is 16.5. The Bertz CT molecular complexity index is 538. The van der Waals surface area contributed by atoms with Gasteiger partial charge in [0.1, 0.15) is 22.8 Å². The predicted molar refractivity (Wildman–Crippen MR) is 64.0 cm³/mol. The summed E-state index contributed by atoms with van der Waals surface area (Å²) in [6.07, 6.45) is 0. The van der Waals surface area contributed by atoms with Crippen LogP contribution < -0.4 is 15.2 Å². The third-order valence-corrected chi connectivity index (χ3v) is 2.53. The first-order valence-electron chi connectivity index (χ1n) is 4.94. The molecule has 1 aromatic carbocycles. The number of benzene rings is 1. The first kappa shape index (κ1) is 10.5. The van der Waals surface area contributed by atoms with Crippen molar-refractivity contribution < 1.29 is 9.47 Å². The van der Waals surface area contributed by atoms with Gasteiger partial charge in [0.05, 0.1) is 14.2 Å². The fourth-order valence-corrected chi connectivity index (χ4v) is 1.73. The SMILES string of the molecule is COc1cc(OC)c2nc(N)cc(C)c2c1. The maximum Gasteiger partial charge on any atom is 0.148 e. The van der Waals surface area contributed by atoms with E-state index in [0.717, 1.165) is 22.2 Å². The van der Waals surface area contributed by atoms with Crippen molar-refractivity contribution in [1.29, 1.82) is 0 Å². The number of methoxy groups -OCH3 is 2. The molecule has 2 aromatic rings. The first-order valence-corrected chi connectivity index (χ1v) is 4.94. The van der Waals surface area contributed by atoms with Crippen molar-refractivity contribution in [3.8, 4) is 11.5 Å². The smallest absolute Gasteiger partial charge is 0.148 e. The van der Waals surface area contributed by atoms with Crippen LogP contribution in [0.5, 0.6) is 11.5 Å². The molecule has 0 amide bonds. The average Bonchev–Trinajstić information content (AvgIpc) is 2.28. The highest BCUT2D eigenvalue weighted by molar-refractivity contribution is 5.90. The Kier molecular flexibility index (Phi) is 2.56. The number of aromatic nitrogens is 1. The minimum Gasteiger partial charge on any atom is -0.497 e. The van der Waals surface area contributed by atoms with Crippen LogP contribution >= 0.6 is 0 Å². The van der Waals surface area contributed by atoms with Gasteiger partial charge >= 0.3 is 0 Å². The minimum absolute atomic E-state index is 0.494. The van der Waals surface area contributed by atoms with E-state index in [2.05, 4.69) is 4.98 Å². The van der Waals surface area contributed by atoms with Gasteiger partial charge in [0.15, 0.2) is 0 Å². The van der Waals surface area contributed by atoms with Crippen molar-refractivity contribution in [2.24, 2.45) is 0 Å². The summed E-state index contributed by atoms with van der Waals surface area (Å²) in [5.41, 5.74) is 7.54. The van der Waals surface area contributed by atoms with E-state index < -0.39 is 0 Å². The number of pyridine rings is 1. The molecule has 0 atom stereocenters. The third kappa shape index (κ3) is 1.62. The molecular formula is C12H14N2O2. The molecular weight excluding hydrogens is 204 g/mol. The van der Waals surface area contributed by atoms with Gasteiger partial charge in [-0.25, -0.2) is 4.98 Å². The molecule has 2 rings (SSSR count). The van der Waals surface area contributed by atoms with Gasteiger partial charge in [-0.3, -0.25) is 0 Å². The molecule has 0 radical (unpaired) electrons. The third-order valence-electron chi connectivity index (χ3n) is 2.53. The van der Waals surface area contributed by atoms with Gasteiger partial charge in [-0.15, -0.1) is 0 Å². The van der Waals surface area contributed by atoms with Gasteiger partial charge < -0.3 is 15.2 Å². The molecule has 2 N–H and O–H groups in total. The number of anilines is 1. The molecule has 1 heterocycles. The van der Waals surface area contributed by atoms with Crippen molar-refractivity contribution >= 4 is 16.7 Å². The molecule has 16 heavy (non-hydrogen) atoms. The number of rotatable bonds is 2. The topological polar surface area (TPSA) is 57.4 Å². The highest BCUT2D eigenvalue weighted by Gasteiger charge is 2.09. The summed E-state index contributed by atoms with van der Waals surface area (Å²) < 4.78 is 10.5. The zero-order valence-corrected chi connectivity index (χ0v) is 9.57. The van der Waals surface area contributed by atoms with E-state index in [0.29, 0.717) is 11.6 Å². The Morgan fingerprint density at radius 1 is 1.12 bits per heavy atom. The minimum atomic E-state index is 0.494. The summed E-state index contributed by atoms with van der Waals surface area (Å²) >= 11 is 0. The molecule has 4 heteroatoms. The zero-order chi connectivity index (χ0) is 11.7. The van der Waals surface area contributed by atoms with Gasteiger partial charge in [0.2, 0.25) is 0 Å². The molecule has 0 spiro atoms. The number of hydrogen-bond donors (Lipinski definition) is 1. The summed E-state index contributed by atoms with van der Waals surface area (Å²) in [7, 11) is 3.23. The molecule has 0 saturated heterocycles. The molecule has 0 fully saturated rings. The van der Waals surface area contributed by atoms with Crippen molar-refractivity contribution in [2.75, 3.05) is 20.0 Å². The largest absolute Gasteiger partial charge is 0.497 e. The molecule has 0 bridgehead atoms. The van der Waals surface area contributed by atoms with Crippen LogP contribution in [0.1, 0.15) is 5.56 Å². The zero-order valence-electron chi connectivity index (χ0n) is 9.57. The summed E-state index contributed by atoms with van der Waals surface area (Å²) in [4.78, 5) is 4.28. The Hall–Kier alpha value is -1.97. The van der Waals surface area contributed by atoms with Crippen molar-refractivity contribution in [3.63, 3.8) is 0 Å². The van der Waals surface area contributed by atoms with Crippen molar-refractivity contribution in [2.45, 2.75) is 6.92 Å². The number of aryl methyl sites for hydroxylation is 1. The number of fused-ring (bicyclic) bond motifs is 1. The van der Waals surface area contributed by atoms with E-state index in [4.69, 9.17) is 15.2 Å². The summed E-state index contributed by atoms with van der Waals surface area (Å²) in [5, 5.41) is 0.991. The van der Waals surface area contributed by atoms with Crippen molar-refractivity contribution in [3.05, 3.63) is 23.8 Å². The fraction of sp³-hybridized carbons (Fsp3) is 0.250. The molecule has 0 aliphatic heterocycles. The normalized spacial score (nSPS) is 10.4. The molecule has 1 aromatic heterocycles. The quantitative estimate of drug-likeness (QED) is 0.839. The van der Waals surface area contributed by atoms with Gasteiger partial charge in [-0.2, -0.15) is 0 Å². The number of nitrogen functional groups attached to an aromatic ring is 1. The highest BCUT2D eigenvalue weighted by Crippen LogP contribution is 2.32. The van der Waals surface area contributed by atoms with Gasteiger partial charge in [-0.1, -0.05) is 0 Å². The van der Waals surface area contributed by atoms with Crippen LogP contribution in [-0.2, 0) is 0 Å². The van der Waals surface area contributed by atoms with Crippen LogP contribution in [0.4, 0.5) is 5.82 Å². The Morgan fingerprint density at radius 3 is 2.50 bits per heavy atom. The fourth-order valence-electron chi connectivity index (χ4n) is 1.73. The number of nitrogens with two attached hydrogens (primary N) is 1. The lowest BCUT2D eigenvalue weighted by Gasteiger charge is -2.10. The number of nitrogens with zero attached hydrogens (tertiary/aromatic N) is 1. The van der Waals surface area contributed by atoms with E-state index in [9.17, 15) is 0 Å². The second-order valence-corrected chi connectivity index (χ2v) is 3.59. The van der Waals surface area contributed by atoms with Gasteiger partial charge in [0.25, 0.3) is 0 Å². The number of ether oxygens (including phenoxy) is 2. The van der Waals surface area contributed by atoms with Crippen LogP contribution in [0.3, 0.4) is 0 Å². The lowest BCUT2D eigenvalue weighted by atomic mass is 10.1. The Labute approximate surface area is 94.0 Å². The molecule has 0 aliphatic rings. The molecule has 0 saturated carbocycles. The lowest BCUT2D eigenvalue weighted by Crippen LogP contribution is -1.96. The second kappa shape index (κ2) is 3.89. The van der Waals surface area contributed by atoms with Crippen LogP contribution in [0.2, 0.25) is 0 Å². The maximum absolute atomic E-state index is 5.72. The van der Waals surface area contributed by atoms with E-state index in [1.54, 1.807) is 20.3 Å². The van der Waals surface area contributed by atoms with Crippen LogP contribution in [0, 0.1) is 6.92 Å². The Balaban J connectivity index is 2.83. The standard InChI is InChI=1S/C12H14N2O2/c1-7-4-11(13)14-12-9(7)5-8(15-2)6-10(12)16-3/h4-6H,1-3H3,(H2,13,14). The maximum atomic E-state index is 5.72. The van der Waals surface area contributed by atoms with Crippen LogP contribution in [0.25, 0.3) is 10.9 Å². The van der Waals surface area contributed by atoms with E-state index in [-0.39, 0.29) is 0 Å². The van der Waals surface area contributed by atoms with Crippen molar-refractivity contribution in [1.82, 2.24) is 4.98 Å². The van der Waals surface area contributed by atoms with Gasteiger partial charge in [0, 0.05) is 11.5 Å². The molecule has 84 valence electrons. The number of hydrogen-bond acceptors (Lipinski definition) is 4. The molecule has 0 unspecified atom stereocenters. The summed E-state index contributed by atoms with van der Waals surface area (Å²) in [5.74, 6) is 1.91. The Morgan fingerprint density at radius 2 is 1.88 bits per heavy atom. The molecule has 0 aliphatic carbocycles. The van der Waals surface area contributed by atoms with E-state index >= 15 is 0 Å². The average molecular weight is 218 g/mol. The lowest BCUT2D eigenvalue weighted by molar-refractivity contribution is 0.397. The predicted octanol–water partition coefficient (Wildman–Crippen LogP) is 2.14. The molecule has 4 nitrogen and oxygen atoms in total. The van der Waals surface area contributed by atoms with Crippen LogP contribution in [-0.4, -0.2) is 19.2 Å². The second-order valence-electron chi connectivity index (χ2n) is 3.59. The van der Waals surface area contributed by atoms with E-state index in [1.807, 2.05) is 19.1 Å². The van der Waals surface area contributed by atoms with Gasteiger partial charge in [-0.05, 0) is 24.6 Å². The van der Waals surface area contributed by atoms with Crippen LogP contribution in [0.15, 0.2) is 18.2 Å².